The van der Waals surface area contributed by atoms with Gasteiger partial charge in [-0.3, -0.25) is 14.6 Å². The highest BCUT2D eigenvalue weighted by molar-refractivity contribution is 6.15. The molecule has 9 nitrogen and oxygen atoms in total. The average molecular weight is 503 g/mol. The molecule has 2 aromatic carbocycles. The van der Waals surface area contributed by atoms with Crippen LogP contribution in [-0.4, -0.2) is 90.7 Å². The normalized spacial score (nSPS) is 16.7. The standard InChI is InChI=1S/C24H26N4O.C4H4O4/c1-25-15-17-26(18-16-25)12-4-5-13-28-22-10-3-2-9-21(22)27-14-11-19-7-6-8-20(23(19)27)24(28)29;5-3(6)1-2-4(7)8/h2-3,6-10H,11-18H2,1H3;1-2H,(H,5,6)(H,7,8)/b;2-1+. The molecule has 9 heteroatoms. The number of anilines is 3. The lowest BCUT2D eigenvalue weighted by Gasteiger charge is -2.30. The monoisotopic (exact) mass is 502 g/mol. The minimum Gasteiger partial charge on any atom is -0.478 e. The number of nitrogens with zero attached hydrogens (tertiary/aromatic N) is 4. The predicted molar refractivity (Wildman–Crippen MR) is 141 cm³/mol. The Kier molecular flexibility index (Phi) is 8.23. The van der Waals surface area contributed by atoms with E-state index in [1.165, 1.54) is 5.56 Å². The van der Waals surface area contributed by atoms with Crippen LogP contribution in [0.3, 0.4) is 0 Å². The number of hydrogen-bond acceptors (Lipinski definition) is 6. The van der Waals surface area contributed by atoms with Crippen LogP contribution in [0.2, 0.25) is 0 Å². The highest BCUT2D eigenvalue weighted by Gasteiger charge is 2.34. The third-order valence-electron chi connectivity index (χ3n) is 6.56. The summed E-state index contributed by atoms with van der Waals surface area (Å²) in [7, 11) is 2.16. The van der Waals surface area contributed by atoms with Gasteiger partial charge in [0.25, 0.3) is 5.91 Å². The number of aliphatic carboxylic acids is 2. The van der Waals surface area contributed by atoms with E-state index >= 15 is 0 Å². The Bertz CT molecular complexity index is 1250. The Morgan fingerprint density at radius 1 is 0.865 bits per heavy atom. The molecule has 0 radical (unpaired) electrons. The molecule has 5 rings (SSSR count). The minimum absolute atomic E-state index is 0.0487. The third-order valence-corrected chi connectivity index (χ3v) is 6.56. The number of amides is 1. The number of carboxylic acids is 2. The van der Waals surface area contributed by atoms with Gasteiger partial charge in [-0.1, -0.05) is 36.1 Å². The van der Waals surface area contributed by atoms with Gasteiger partial charge in [0.2, 0.25) is 0 Å². The quantitative estimate of drug-likeness (QED) is 0.485. The Morgan fingerprint density at radius 3 is 2.19 bits per heavy atom. The Balaban J connectivity index is 0.000000349. The summed E-state index contributed by atoms with van der Waals surface area (Å²) in [6, 6.07) is 14.3. The molecule has 0 spiro atoms. The molecule has 192 valence electrons. The summed E-state index contributed by atoms with van der Waals surface area (Å²) in [5.74, 6) is 4.11. The molecular weight excluding hydrogens is 472 g/mol. The van der Waals surface area contributed by atoms with Crippen molar-refractivity contribution in [1.29, 1.82) is 0 Å². The van der Waals surface area contributed by atoms with Gasteiger partial charge in [-0.15, -0.1) is 0 Å². The van der Waals surface area contributed by atoms with E-state index in [1.54, 1.807) is 0 Å². The Morgan fingerprint density at radius 2 is 1.51 bits per heavy atom. The zero-order chi connectivity index (χ0) is 26.4. The topological polar surface area (TPSA) is 105 Å². The first-order valence-corrected chi connectivity index (χ1v) is 12.2. The lowest BCUT2D eigenvalue weighted by atomic mass is 10.1. The van der Waals surface area contributed by atoms with Crippen molar-refractivity contribution in [3.8, 4) is 11.8 Å². The summed E-state index contributed by atoms with van der Waals surface area (Å²) in [4.78, 5) is 41.5. The van der Waals surface area contributed by atoms with Gasteiger partial charge < -0.3 is 20.0 Å². The maximum atomic E-state index is 13.5. The minimum atomic E-state index is -1.26. The fourth-order valence-corrected chi connectivity index (χ4v) is 4.65. The van der Waals surface area contributed by atoms with E-state index in [4.69, 9.17) is 10.2 Å². The first kappa shape index (κ1) is 25.9. The van der Waals surface area contributed by atoms with E-state index in [2.05, 4.69) is 45.7 Å². The van der Waals surface area contributed by atoms with Crippen LogP contribution in [0.25, 0.3) is 0 Å². The fraction of sp³-hybridized carbons (Fsp3) is 0.321. The van der Waals surface area contributed by atoms with Crippen molar-refractivity contribution in [2.45, 2.75) is 6.42 Å². The van der Waals surface area contributed by atoms with Crippen LogP contribution in [0.15, 0.2) is 54.6 Å². The van der Waals surface area contributed by atoms with Crippen molar-refractivity contribution in [3.05, 3.63) is 65.7 Å². The number of para-hydroxylation sites is 3. The molecule has 0 bridgehead atoms. The number of carbonyl (C=O) groups excluding carboxylic acids is 1. The number of hydrogen-bond donors (Lipinski definition) is 2. The zero-order valence-corrected chi connectivity index (χ0v) is 20.8. The maximum Gasteiger partial charge on any atom is 0.328 e. The summed E-state index contributed by atoms with van der Waals surface area (Å²) in [5.41, 5.74) is 5.18. The smallest absolute Gasteiger partial charge is 0.328 e. The lowest BCUT2D eigenvalue weighted by molar-refractivity contribution is -0.134. The first-order chi connectivity index (χ1) is 17.8. The lowest BCUT2D eigenvalue weighted by Crippen LogP contribution is -2.44. The van der Waals surface area contributed by atoms with Crippen molar-refractivity contribution in [2.24, 2.45) is 0 Å². The predicted octanol–water partition coefficient (Wildman–Crippen LogP) is 2.30. The molecule has 0 unspecified atom stereocenters. The van der Waals surface area contributed by atoms with Gasteiger partial charge in [0.15, 0.2) is 0 Å². The van der Waals surface area contributed by atoms with E-state index in [9.17, 15) is 14.4 Å². The van der Waals surface area contributed by atoms with Crippen LogP contribution in [-0.2, 0) is 16.0 Å². The number of rotatable bonds is 4. The van der Waals surface area contributed by atoms with Gasteiger partial charge in [0.1, 0.15) is 0 Å². The summed E-state index contributed by atoms with van der Waals surface area (Å²) in [5, 5.41) is 15.6. The van der Waals surface area contributed by atoms with E-state index < -0.39 is 11.9 Å². The van der Waals surface area contributed by atoms with Gasteiger partial charge in [-0.2, -0.15) is 0 Å². The summed E-state index contributed by atoms with van der Waals surface area (Å²) in [6.45, 7) is 6.40. The fourth-order valence-electron chi connectivity index (χ4n) is 4.65. The van der Waals surface area contributed by atoms with Crippen molar-refractivity contribution in [3.63, 3.8) is 0 Å². The number of benzene rings is 2. The molecular formula is C28H30N4O5. The van der Waals surface area contributed by atoms with Crippen LogP contribution < -0.4 is 9.80 Å². The van der Waals surface area contributed by atoms with Crippen molar-refractivity contribution in [1.82, 2.24) is 9.80 Å². The second-order valence-electron chi connectivity index (χ2n) is 9.04. The molecule has 1 amide bonds. The van der Waals surface area contributed by atoms with E-state index in [-0.39, 0.29) is 5.91 Å². The van der Waals surface area contributed by atoms with Crippen LogP contribution in [0.5, 0.6) is 0 Å². The number of likely N-dealkylation sites (N-methyl/N-ethyl adjacent to an activating group) is 1. The zero-order valence-electron chi connectivity index (χ0n) is 20.8. The van der Waals surface area contributed by atoms with Crippen LogP contribution in [0, 0.1) is 11.8 Å². The SMILES string of the molecule is CN1CCN(CC#CCN2C(=O)c3cccc4c3N(CC4)c3ccccc32)CC1.O=C(O)/C=C/C(=O)O. The van der Waals surface area contributed by atoms with Crippen LogP contribution >= 0.6 is 0 Å². The van der Waals surface area contributed by atoms with Gasteiger partial charge in [-0.05, 0) is 37.2 Å². The second-order valence-corrected chi connectivity index (χ2v) is 9.04. The molecule has 0 aromatic heterocycles. The second kappa shape index (κ2) is 11.7. The number of piperazine rings is 1. The third kappa shape index (κ3) is 6.17. The van der Waals surface area contributed by atoms with Gasteiger partial charge in [-0.25, -0.2) is 9.59 Å². The molecule has 3 aliphatic heterocycles. The molecule has 1 saturated heterocycles. The molecule has 0 aliphatic carbocycles. The molecule has 3 aliphatic rings. The molecule has 1 fully saturated rings. The molecule has 0 saturated carbocycles. The summed E-state index contributed by atoms with van der Waals surface area (Å²) < 4.78 is 0. The molecule has 0 atom stereocenters. The van der Waals surface area contributed by atoms with E-state index in [0.717, 1.165) is 68.3 Å². The summed E-state index contributed by atoms with van der Waals surface area (Å²) in [6.07, 6.45) is 2.10. The first-order valence-electron chi connectivity index (χ1n) is 12.2. The van der Waals surface area contributed by atoms with Crippen molar-refractivity contribution in [2.75, 3.05) is 62.7 Å². The molecule has 37 heavy (non-hydrogen) atoms. The number of carbonyl (C=O) groups is 3. The van der Waals surface area contributed by atoms with Gasteiger partial charge in [0.05, 0.1) is 35.7 Å². The Labute approximate surface area is 216 Å². The summed E-state index contributed by atoms with van der Waals surface area (Å²) >= 11 is 0. The van der Waals surface area contributed by atoms with E-state index in [0.29, 0.717) is 18.7 Å². The van der Waals surface area contributed by atoms with Gasteiger partial charge >= 0.3 is 11.9 Å². The van der Waals surface area contributed by atoms with Crippen LogP contribution in [0.4, 0.5) is 17.1 Å². The number of fused-ring (bicyclic) bond motifs is 2. The van der Waals surface area contributed by atoms with Crippen molar-refractivity contribution >= 4 is 34.9 Å². The van der Waals surface area contributed by atoms with E-state index in [1.807, 2.05) is 35.2 Å². The largest absolute Gasteiger partial charge is 0.478 e. The van der Waals surface area contributed by atoms with Crippen molar-refractivity contribution < 1.29 is 24.6 Å². The Hall–Kier alpha value is -4.13. The maximum absolute atomic E-state index is 13.5. The highest BCUT2D eigenvalue weighted by Crippen LogP contribution is 2.45. The molecule has 2 aromatic rings. The highest BCUT2D eigenvalue weighted by atomic mass is 16.4. The van der Waals surface area contributed by atoms with Crippen LogP contribution in [0.1, 0.15) is 15.9 Å². The molecule has 3 heterocycles. The molecule has 2 N–H and O–H groups in total. The number of carboxylic acid groups (broad SMARTS) is 2. The van der Waals surface area contributed by atoms with Gasteiger partial charge in [0, 0.05) is 44.9 Å². The average Bonchev–Trinajstić information content (AvgIpc) is 3.29.